The molecule has 16 nitrogen and oxygen atoms in total. The molecule has 308 valence electrons. The number of halogens is 3. The number of alkyl halides is 3. The zero-order valence-corrected chi connectivity index (χ0v) is 31.9. The molecule has 0 aliphatic carbocycles. The molecule has 3 aromatic rings. The Kier molecular flexibility index (Phi) is 10.8. The number of rotatable bonds is 7. The Balaban J connectivity index is 0.763. The van der Waals surface area contributed by atoms with Crippen LogP contribution in [0.3, 0.4) is 0 Å². The Morgan fingerprint density at radius 2 is 1.47 bits per heavy atom. The van der Waals surface area contributed by atoms with Crippen LogP contribution in [0.1, 0.15) is 70.4 Å². The van der Waals surface area contributed by atoms with Gasteiger partial charge in [0.05, 0.1) is 28.3 Å². The van der Waals surface area contributed by atoms with Gasteiger partial charge >= 0.3 is 12.2 Å². The molecule has 0 radical (unpaired) electrons. The lowest BCUT2D eigenvalue weighted by atomic mass is 9.98. The molecule has 8 rings (SSSR count). The van der Waals surface area contributed by atoms with Crippen molar-refractivity contribution in [2.75, 3.05) is 67.5 Å². The molecule has 1 atom stereocenters. The Labute approximate surface area is 336 Å². The normalized spacial score (nSPS) is 21.0. The average molecular weight is 815 g/mol. The Bertz CT molecular complexity index is 2190. The lowest BCUT2D eigenvalue weighted by Gasteiger charge is -2.42. The highest BCUT2D eigenvalue weighted by atomic mass is 19.4. The third kappa shape index (κ3) is 8.22. The number of nitrogens with zero attached hydrogens (tertiary/aromatic N) is 8. The maximum absolute atomic E-state index is 13.4. The minimum atomic E-state index is -4.65. The molecule has 6 heterocycles. The van der Waals surface area contributed by atoms with Crippen LogP contribution >= 0.6 is 0 Å². The molecule has 1 unspecified atom stereocenters. The van der Waals surface area contributed by atoms with Crippen LogP contribution in [-0.4, -0.2) is 125 Å². The number of piperazine rings is 1. The minimum absolute atomic E-state index is 0.0490. The summed E-state index contributed by atoms with van der Waals surface area (Å²) >= 11 is 0. The van der Waals surface area contributed by atoms with Crippen LogP contribution in [0.15, 0.2) is 48.5 Å². The molecule has 2 N–H and O–H groups in total. The van der Waals surface area contributed by atoms with Crippen molar-refractivity contribution >= 4 is 46.9 Å². The quantitative estimate of drug-likeness (QED) is 0.331. The minimum Gasteiger partial charge on any atom is -0.473 e. The summed E-state index contributed by atoms with van der Waals surface area (Å²) < 4.78 is 46.5. The molecule has 6 amide bonds. The van der Waals surface area contributed by atoms with Crippen LogP contribution in [0.25, 0.3) is 0 Å². The zero-order valence-electron chi connectivity index (χ0n) is 31.9. The van der Waals surface area contributed by atoms with E-state index in [1.165, 1.54) is 6.07 Å². The van der Waals surface area contributed by atoms with E-state index in [1.807, 2.05) is 6.07 Å². The Hall–Kier alpha value is -6.29. The molecule has 0 spiro atoms. The van der Waals surface area contributed by atoms with Crippen molar-refractivity contribution in [1.29, 1.82) is 5.26 Å². The van der Waals surface area contributed by atoms with Gasteiger partial charge in [-0.25, -0.2) is 4.79 Å². The van der Waals surface area contributed by atoms with Crippen molar-refractivity contribution in [3.63, 3.8) is 0 Å². The summed E-state index contributed by atoms with van der Waals surface area (Å²) in [5.41, 5.74) is 0.299. The van der Waals surface area contributed by atoms with Gasteiger partial charge in [-0.3, -0.25) is 39.6 Å². The van der Waals surface area contributed by atoms with E-state index in [0.717, 1.165) is 74.6 Å². The number of carbonyl (C=O) groups excluding carboxylic acids is 5. The fraction of sp³-hybridized carbons (Fsp3) is 0.450. The van der Waals surface area contributed by atoms with Gasteiger partial charge in [-0.2, -0.15) is 18.4 Å². The number of piperidine rings is 3. The van der Waals surface area contributed by atoms with Crippen LogP contribution in [0, 0.1) is 11.3 Å². The number of benzene rings is 2. The first-order chi connectivity index (χ1) is 28.4. The summed E-state index contributed by atoms with van der Waals surface area (Å²) in [5, 5.41) is 22.3. The van der Waals surface area contributed by atoms with Gasteiger partial charge in [0.2, 0.25) is 17.7 Å². The largest absolute Gasteiger partial charge is 0.473 e. The molecule has 4 fully saturated rings. The molecule has 19 heteroatoms. The Morgan fingerprint density at radius 3 is 2.14 bits per heavy atom. The van der Waals surface area contributed by atoms with E-state index in [1.54, 1.807) is 40.1 Å². The molecule has 2 aromatic carbocycles. The predicted octanol–water partition coefficient (Wildman–Crippen LogP) is 3.63. The van der Waals surface area contributed by atoms with E-state index in [0.29, 0.717) is 30.7 Å². The molecule has 5 aliphatic rings. The molecule has 0 bridgehead atoms. The third-order valence-electron chi connectivity index (χ3n) is 11.8. The van der Waals surface area contributed by atoms with Gasteiger partial charge in [-0.05, 0) is 74.6 Å². The standard InChI is InChI=1S/C40H41F3N10O6/c41-40(42,43)31-22-27(2-1-24(31)23-44)51-17-19-52(20-18-51)39(58)45-33-6-8-35(48-47-33)59-28-11-15-49(16-12-28)25-9-13-50(14-10-25)26-3-4-29-30(21-26)38(57)53(37(29)56)32-5-7-34(54)46-36(32)55/h1-4,6,8,21-22,25,28,32H,5,7,9-20H2,(H,45,47,58)(H,46,54,55). The SMILES string of the molecule is N#Cc1ccc(N2CCN(C(=O)Nc3ccc(OC4CCN(C5CCN(c6ccc7c(c6)C(=O)N(C6CCC(=O)NC6=O)C7=O)CC5)CC4)nn3)CC2)cc1C(F)(F)F. The van der Waals surface area contributed by atoms with E-state index < -0.39 is 53.0 Å². The van der Waals surface area contributed by atoms with Gasteiger partial charge in [0.25, 0.3) is 11.8 Å². The van der Waals surface area contributed by atoms with Crippen molar-refractivity contribution in [1.82, 2.24) is 30.2 Å². The molecule has 1 aromatic heterocycles. The number of carbonyl (C=O) groups is 5. The highest BCUT2D eigenvalue weighted by Gasteiger charge is 2.45. The number of hydrogen-bond acceptors (Lipinski definition) is 12. The fourth-order valence-corrected chi connectivity index (χ4v) is 8.54. The van der Waals surface area contributed by atoms with E-state index >= 15 is 0 Å². The van der Waals surface area contributed by atoms with Crippen LogP contribution in [0.4, 0.5) is 35.2 Å². The fourth-order valence-electron chi connectivity index (χ4n) is 8.54. The summed E-state index contributed by atoms with van der Waals surface area (Å²) in [6.07, 6.45) is -1.07. The van der Waals surface area contributed by atoms with Crippen molar-refractivity contribution in [3.8, 4) is 11.9 Å². The second-order valence-corrected chi connectivity index (χ2v) is 15.2. The van der Waals surface area contributed by atoms with Gasteiger partial charge in [0.15, 0.2) is 5.82 Å². The number of aromatic nitrogens is 2. The highest BCUT2D eigenvalue weighted by molar-refractivity contribution is 6.23. The second kappa shape index (κ2) is 16.2. The van der Waals surface area contributed by atoms with Crippen LogP contribution in [0.2, 0.25) is 0 Å². The predicted molar refractivity (Wildman–Crippen MR) is 205 cm³/mol. The van der Waals surface area contributed by atoms with Crippen LogP contribution in [-0.2, 0) is 15.8 Å². The maximum Gasteiger partial charge on any atom is 0.417 e. The number of hydrogen-bond donors (Lipinski definition) is 2. The topological polar surface area (TPSA) is 184 Å². The highest BCUT2D eigenvalue weighted by Crippen LogP contribution is 2.35. The summed E-state index contributed by atoms with van der Waals surface area (Å²) in [7, 11) is 0. The number of nitriles is 1. The van der Waals surface area contributed by atoms with E-state index in [2.05, 4.69) is 30.6 Å². The van der Waals surface area contributed by atoms with Crippen molar-refractivity contribution < 1.29 is 41.9 Å². The van der Waals surface area contributed by atoms with Gasteiger partial charge in [0, 0.05) is 82.3 Å². The van der Waals surface area contributed by atoms with Crippen molar-refractivity contribution in [2.24, 2.45) is 0 Å². The molecule has 59 heavy (non-hydrogen) atoms. The summed E-state index contributed by atoms with van der Waals surface area (Å²) in [6.45, 7) is 4.42. The Morgan fingerprint density at radius 1 is 0.797 bits per heavy atom. The molecule has 5 aliphatic heterocycles. The van der Waals surface area contributed by atoms with Crippen molar-refractivity contribution in [3.05, 3.63) is 70.8 Å². The first-order valence-electron chi connectivity index (χ1n) is 19.6. The zero-order chi connectivity index (χ0) is 41.4. The second-order valence-electron chi connectivity index (χ2n) is 15.2. The summed E-state index contributed by atoms with van der Waals surface area (Å²) in [4.78, 5) is 72.3. The van der Waals surface area contributed by atoms with E-state index in [9.17, 15) is 37.1 Å². The summed E-state index contributed by atoms with van der Waals surface area (Å²) in [6, 6.07) is 12.7. The van der Waals surface area contributed by atoms with E-state index in [-0.39, 0.29) is 49.0 Å². The molecule has 0 saturated carbocycles. The smallest absolute Gasteiger partial charge is 0.417 e. The van der Waals surface area contributed by atoms with Crippen molar-refractivity contribution in [2.45, 2.75) is 62.9 Å². The van der Waals surface area contributed by atoms with Crippen LogP contribution in [0.5, 0.6) is 5.88 Å². The number of amides is 6. The molecular weight excluding hydrogens is 773 g/mol. The van der Waals surface area contributed by atoms with Gasteiger partial charge in [-0.1, -0.05) is 0 Å². The molecule has 4 saturated heterocycles. The lowest BCUT2D eigenvalue weighted by Crippen LogP contribution is -2.54. The number of urea groups is 1. The number of fused-ring (bicyclic) bond motifs is 1. The average Bonchev–Trinajstić information content (AvgIpc) is 3.49. The number of likely N-dealkylation sites (tertiary alicyclic amines) is 1. The lowest BCUT2D eigenvalue weighted by molar-refractivity contribution is -0.138. The first kappa shape index (κ1) is 39.5. The monoisotopic (exact) mass is 814 g/mol. The van der Waals surface area contributed by atoms with Gasteiger partial charge in [0.1, 0.15) is 12.1 Å². The van der Waals surface area contributed by atoms with Gasteiger partial charge in [-0.15, -0.1) is 10.2 Å². The number of nitrogens with one attached hydrogen (secondary N) is 2. The number of imide groups is 2. The summed E-state index contributed by atoms with van der Waals surface area (Å²) in [5.74, 6) is -1.50. The van der Waals surface area contributed by atoms with Gasteiger partial charge < -0.3 is 19.4 Å². The van der Waals surface area contributed by atoms with Crippen LogP contribution < -0.4 is 25.2 Å². The molecular formula is C40H41F3N10O6. The number of ether oxygens (including phenoxy) is 1. The van der Waals surface area contributed by atoms with E-state index in [4.69, 9.17) is 10.00 Å². The third-order valence-corrected chi connectivity index (χ3v) is 11.8. The first-order valence-corrected chi connectivity index (χ1v) is 19.6. The number of anilines is 3. The maximum atomic E-state index is 13.4.